The van der Waals surface area contributed by atoms with Crippen molar-refractivity contribution in [3.8, 4) is 0 Å². The number of Topliss-reactive ketones (excluding diaryl/α,β-unsaturated/α-hetero) is 2. The zero-order valence-electron chi connectivity index (χ0n) is 45.1. The highest BCUT2D eigenvalue weighted by Crippen LogP contribution is 2.29. The Morgan fingerprint density at radius 3 is 1.38 bits per heavy atom. The summed E-state index contributed by atoms with van der Waals surface area (Å²) in [4.78, 5) is 92.7. The standard InChI is InChI=1S/C29H40FN5O3S.C27H36FN5O3S/c1-18(2)27(37)35-13-11-25(32-28(38)33-29-31-19(3)26(39-29)20(4)36)23(17-35)16-34-12-5-6-22(15-34)14-21-7-9-24(30)10-8-21;1-17-25(18(2)34)37-27(29-17)31-26(36)30-24-10-12-33(19(3)35)16-22(24)15-32-11-4-5-21(14-32)13-20-6-8-23(28)9-7-20/h7-10,18,22-23,25H,5-6,11-17H2,1-4H3,(H2,31,32,33,38);6-9,21-22,24H,4-5,10-16H2,1-3H3,(H2,29,30,31,36)/t22-,23+,25+;21-,22+,24+/m00/s1. The van der Waals surface area contributed by atoms with E-state index in [1.165, 1.54) is 60.8 Å². The first-order chi connectivity index (χ1) is 36.3. The van der Waals surface area contributed by atoms with E-state index >= 15 is 0 Å². The van der Waals surface area contributed by atoms with Crippen molar-refractivity contribution >= 4 is 68.4 Å². The van der Waals surface area contributed by atoms with Gasteiger partial charge in [-0.15, -0.1) is 0 Å². The lowest BCUT2D eigenvalue weighted by molar-refractivity contribution is -0.137. The average molecular weight is 1090 g/mol. The minimum Gasteiger partial charge on any atom is -0.342 e. The van der Waals surface area contributed by atoms with Crippen LogP contribution in [0.2, 0.25) is 0 Å². The third-order valence-corrected chi connectivity index (χ3v) is 17.4. The average Bonchev–Trinajstić information content (AvgIpc) is 3.94. The van der Waals surface area contributed by atoms with Gasteiger partial charge in [-0.25, -0.2) is 28.3 Å². The maximum atomic E-state index is 13.3. The largest absolute Gasteiger partial charge is 0.342 e. The molecular weight excluding hydrogens is 1010 g/mol. The van der Waals surface area contributed by atoms with E-state index in [0.29, 0.717) is 82.3 Å². The third-order valence-electron chi connectivity index (χ3n) is 15.1. The van der Waals surface area contributed by atoms with Crippen molar-refractivity contribution in [3.63, 3.8) is 0 Å². The molecule has 4 aromatic rings. The van der Waals surface area contributed by atoms with Crippen LogP contribution in [0, 0.1) is 55.1 Å². The van der Waals surface area contributed by atoms with E-state index in [9.17, 15) is 37.5 Å². The van der Waals surface area contributed by atoms with Crippen LogP contribution in [0.3, 0.4) is 0 Å². The molecule has 6 atom stereocenters. The Hall–Kier alpha value is -5.70. The Bertz CT molecular complexity index is 2650. The first kappa shape index (κ1) is 58.0. The van der Waals surface area contributed by atoms with Gasteiger partial charge in [0.2, 0.25) is 11.8 Å². The highest BCUT2D eigenvalue weighted by Gasteiger charge is 2.37. The number of thiazole rings is 2. The number of nitrogens with zero attached hydrogens (tertiary/aromatic N) is 6. The van der Waals surface area contributed by atoms with Gasteiger partial charge in [-0.2, -0.15) is 0 Å². The van der Waals surface area contributed by atoms with Crippen LogP contribution in [0.1, 0.15) is 115 Å². The number of aromatic nitrogens is 2. The number of piperidine rings is 4. The molecule has 20 heteroatoms. The van der Waals surface area contributed by atoms with Crippen molar-refractivity contribution in [2.45, 2.75) is 112 Å². The van der Waals surface area contributed by atoms with E-state index in [2.05, 4.69) is 41.0 Å². The summed E-state index contributed by atoms with van der Waals surface area (Å²) in [5, 5.41) is 12.6. The number of likely N-dealkylation sites (tertiary alicyclic amines) is 4. The normalized spacial score (nSPS) is 22.3. The number of rotatable bonds is 15. The van der Waals surface area contributed by atoms with Gasteiger partial charge < -0.3 is 30.2 Å². The smallest absolute Gasteiger partial charge is 0.321 e. The molecule has 76 heavy (non-hydrogen) atoms. The van der Waals surface area contributed by atoms with Crippen LogP contribution in [0.5, 0.6) is 0 Å². The van der Waals surface area contributed by atoms with E-state index in [-0.39, 0.29) is 76.9 Å². The van der Waals surface area contributed by atoms with Crippen molar-refractivity contribution in [1.29, 1.82) is 0 Å². The lowest BCUT2D eigenvalue weighted by Crippen LogP contribution is -2.57. The molecule has 4 N–H and O–H groups in total. The van der Waals surface area contributed by atoms with Crippen molar-refractivity contribution < 1.29 is 37.5 Å². The van der Waals surface area contributed by atoms with Crippen molar-refractivity contribution in [1.82, 2.24) is 40.2 Å². The minimum atomic E-state index is -0.344. The lowest BCUT2D eigenvalue weighted by Gasteiger charge is -2.43. The number of halogens is 2. The second kappa shape index (κ2) is 27.1. The van der Waals surface area contributed by atoms with Crippen LogP contribution in [0.15, 0.2) is 48.5 Å². The fourth-order valence-electron chi connectivity index (χ4n) is 11.4. The topological polar surface area (TPSA) is 189 Å². The number of aryl methyl sites for hydroxylation is 2. The molecule has 2 aromatic heterocycles. The van der Waals surface area contributed by atoms with Gasteiger partial charge in [0, 0.05) is 103 Å². The van der Waals surface area contributed by atoms with Crippen molar-refractivity contribution in [2.75, 3.05) is 76.1 Å². The summed E-state index contributed by atoms with van der Waals surface area (Å²) in [6.07, 6.45) is 7.65. The maximum Gasteiger partial charge on any atom is 0.321 e. The van der Waals surface area contributed by atoms with Crippen molar-refractivity contribution in [3.05, 3.63) is 92.4 Å². The van der Waals surface area contributed by atoms with E-state index in [1.54, 1.807) is 20.8 Å². The van der Waals surface area contributed by atoms with E-state index in [0.717, 1.165) is 88.9 Å². The molecule has 6 amide bonds. The number of hydrogen-bond acceptors (Lipinski definition) is 12. The first-order valence-corrected chi connectivity index (χ1v) is 28.5. The zero-order valence-corrected chi connectivity index (χ0v) is 46.7. The fraction of sp³-hybridized carbons (Fsp3) is 0.571. The van der Waals surface area contributed by atoms with Gasteiger partial charge in [0.05, 0.1) is 21.1 Å². The van der Waals surface area contributed by atoms with E-state index in [4.69, 9.17) is 0 Å². The fourth-order valence-corrected chi connectivity index (χ4v) is 13.1. The van der Waals surface area contributed by atoms with Gasteiger partial charge >= 0.3 is 12.1 Å². The minimum absolute atomic E-state index is 0.0516. The zero-order chi connectivity index (χ0) is 54.6. The van der Waals surface area contributed by atoms with Gasteiger partial charge in [0.1, 0.15) is 11.6 Å². The molecule has 2 aromatic carbocycles. The van der Waals surface area contributed by atoms with Crippen LogP contribution < -0.4 is 21.3 Å². The first-order valence-electron chi connectivity index (χ1n) is 26.9. The van der Waals surface area contributed by atoms with Crippen LogP contribution in [-0.4, -0.2) is 143 Å². The molecule has 0 unspecified atom stereocenters. The third kappa shape index (κ3) is 16.7. The van der Waals surface area contributed by atoms with Crippen LogP contribution >= 0.6 is 22.7 Å². The molecule has 0 aliphatic carbocycles. The van der Waals surface area contributed by atoms with Gasteiger partial charge in [-0.3, -0.25) is 29.8 Å². The molecule has 0 bridgehead atoms. The lowest BCUT2D eigenvalue weighted by atomic mass is 9.87. The van der Waals surface area contributed by atoms with E-state index < -0.39 is 0 Å². The Kier molecular flexibility index (Phi) is 20.6. The molecule has 16 nitrogen and oxygen atoms in total. The summed E-state index contributed by atoms with van der Waals surface area (Å²) in [6, 6.07) is 12.7. The highest BCUT2D eigenvalue weighted by molar-refractivity contribution is 7.18. The van der Waals surface area contributed by atoms with Crippen LogP contribution in [0.25, 0.3) is 0 Å². The summed E-state index contributed by atoms with van der Waals surface area (Å²) in [5.74, 6) is 0.714. The Labute approximate surface area is 454 Å². The molecule has 4 aliphatic heterocycles. The summed E-state index contributed by atoms with van der Waals surface area (Å²) in [6.45, 7) is 19.8. The number of urea groups is 2. The Balaban J connectivity index is 0.000000221. The molecule has 0 spiro atoms. The van der Waals surface area contributed by atoms with Gasteiger partial charge in [0.15, 0.2) is 21.8 Å². The number of nitrogens with one attached hydrogen (secondary N) is 4. The predicted molar refractivity (Wildman–Crippen MR) is 294 cm³/mol. The van der Waals surface area contributed by atoms with Crippen LogP contribution in [0.4, 0.5) is 28.6 Å². The summed E-state index contributed by atoms with van der Waals surface area (Å²) < 4.78 is 26.6. The summed E-state index contributed by atoms with van der Waals surface area (Å²) in [7, 11) is 0. The monoisotopic (exact) mass is 1090 g/mol. The van der Waals surface area contributed by atoms with E-state index in [1.807, 2.05) is 47.9 Å². The number of hydrogen-bond donors (Lipinski definition) is 4. The summed E-state index contributed by atoms with van der Waals surface area (Å²) >= 11 is 2.36. The summed E-state index contributed by atoms with van der Waals surface area (Å²) in [5.41, 5.74) is 3.52. The molecule has 412 valence electrons. The predicted octanol–water partition coefficient (Wildman–Crippen LogP) is 8.85. The number of ketones is 2. The van der Waals surface area contributed by atoms with Gasteiger partial charge in [0.25, 0.3) is 0 Å². The van der Waals surface area contributed by atoms with Crippen LogP contribution in [-0.2, 0) is 22.4 Å². The van der Waals surface area contributed by atoms with Gasteiger partial charge in [-0.1, -0.05) is 60.8 Å². The quantitative estimate of drug-likeness (QED) is 0.0838. The molecule has 4 aliphatic rings. The number of carbonyl (C=O) groups excluding carboxylic acids is 6. The van der Waals surface area contributed by atoms with Gasteiger partial charge in [-0.05, 0) is 126 Å². The molecule has 4 saturated heterocycles. The number of benzene rings is 2. The molecule has 0 saturated carbocycles. The number of carbonyl (C=O) groups is 6. The second-order valence-electron chi connectivity index (χ2n) is 21.6. The molecule has 0 radical (unpaired) electrons. The Morgan fingerprint density at radius 2 is 1.00 bits per heavy atom. The number of anilines is 2. The maximum absolute atomic E-state index is 13.3. The second-order valence-corrected chi connectivity index (χ2v) is 23.6. The molecule has 6 heterocycles. The molecule has 8 rings (SSSR count). The number of amides is 6. The Morgan fingerprint density at radius 1 is 0.592 bits per heavy atom. The van der Waals surface area contributed by atoms with Crippen molar-refractivity contribution in [2.24, 2.45) is 29.6 Å². The molecular formula is C56H76F2N10O6S2. The highest BCUT2D eigenvalue weighted by atomic mass is 32.1. The molecule has 4 fully saturated rings. The SMILES string of the molecule is CC(=O)c1sc(NC(=O)N[C@@H]2CCN(C(=O)C(C)C)C[C@H]2CN2CCC[C@@H](Cc3ccc(F)cc3)C2)nc1C.CC(=O)c1sc(NC(=O)N[C@@H]2CCN(C(C)=O)C[C@H]2CN2CCC[C@@H](Cc3ccc(F)cc3)C2)nc1C.